The number of nitrogens with one attached hydrogen (secondary N) is 1. The standard InChI is InChI=1S/C15H19N3OS/c1-10(2)17-15(19)14-11(3)18-13(20-14)8-7-12-6-4-5-9-16-12/h4-6,9-10H,7-8H2,1-3H3,(H,17,19). The van der Waals surface area contributed by atoms with E-state index in [1.54, 1.807) is 6.20 Å². The molecule has 0 bridgehead atoms. The molecule has 2 aromatic heterocycles. The molecule has 1 amide bonds. The van der Waals surface area contributed by atoms with E-state index in [0.29, 0.717) is 0 Å². The van der Waals surface area contributed by atoms with Crippen molar-refractivity contribution < 1.29 is 4.79 Å². The third kappa shape index (κ3) is 3.87. The Morgan fingerprint density at radius 1 is 1.35 bits per heavy atom. The van der Waals surface area contributed by atoms with Gasteiger partial charge in [0.05, 0.1) is 10.7 Å². The topological polar surface area (TPSA) is 54.9 Å². The zero-order valence-corrected chi connectivity index (χ0v) is 12.8. The lowest BCUT2D eigenvalue weighted by Crippen LogP contribution is -2.29. The Balaban J connectivity index is 2.02. The van der Waals surface area contributed by atoms with Crippen LogP contribution in [0.1, 0.15) is 39.9 Å². The second kappa shape index (κ2) is 6.61. The van der Waals surface area contributed by atoms with Crippen LogP contribution in [0.5, 0.6) is 0 Å². The number of pyridine rings is 1. The first kappa shape index (κ1) is 14.7. The van der Waals surface area contributed by atoms with Crippen LogP contribution in [0.3, 0.4) is 0 Å². The summed E-state index contributed by atoms with van der Waals surface area (Å²) in [6.07, 6.45) is 3.46. The monoisotopic (exact) mass is 289 g/mol. The summed E-state index contributed by atoms with van der Waals surface area (Å²) >= 11 is 1.48. The van der Waals surface area contributed by atoms with Crippen LogP contribution in [0.4, 0.5) is 0 Å². The Morgan fingerprint density at radius 2 is 2.15 bits per heavy atom. The highest BCUT2D eigenvalue weighted by atomic mass is 32.1. The molecule has 0 spiro atoms. The van der Waals surface area contributed by atoms with Gasteiger partial charge in [0.25, 0.3) is 5.91 Å². The number of hydrogen-bond donors (Lipinski definition) is 1. The van der Waals surface area contributed by atoms with Crippen molar-refractivity contribution >= 4 is 17.2 Å². The van der Waals surface area contributed by atoms with Gasteiger partial charge in [-0.1, -0.05) is 6.07 Å². The molecule has 106 valence electrons. The van der Waals surface area contributed by atoms with E-state index < -0.39 is 0 Å². The molecule has 0 aliphatic rings. The van der Waals surface area contributed by atoms with Crippen LogP contribution in [0, 0.1) is 6.92 Å². The molecule has 2 aromatic rings. The molecule has 0 saturated heterocycles. The first-order valence-electron chi connectivity index (χ1n) is 6.73. The fourth-order valence-corrected chi connectivity index (χ4v) is 2.85. The first-order valence-corrected chi connectivity index (χ1v) is 7.55. The van der Waals surface area contributed by atoms with Crippen LogP contribution >= 0.6 is 11.3 Å². The third-order valence-corrected chi connectivity index (χ3v) is 4.00. The highest BCUT2D eigenvalue weighted by molar-refractivity contribution is 7.13. The van der Waals surface area contributed by atoms with Crippen LogP contribution in [0.15, 0.2) is 24.4 Å². The normalized spacial score (nSPS) is 10.8. The molecule has 0 atom stereocenters. The predicted octanol–water partition coefficient (Wildman–Crippen LogP) is 2.77. The van der Waals surface area contributed by atoms with Crippen LogP contribution in [0.25, 0.3) is 0 Å². The van der Waals surface area contributed by atoms with Gasteiger partial charge in [-0.15, -0.1) is 11.3 Å². The molecule has 0 fully saturated rings. The molecule has 4 nitrogen and oxygen atoms in total. The van der Waals surface area contributed by atoms with Crippen LogP contribution < -0.4 is 5.32 Å². The second-order valence-corrected chi connectivity index (χ2v) is 6.05. The van der Waals surface area contributed by atoms with Gasteiger partial charge in [-0.2, -0.15) is 0 Å². The van der Waals surface area contributed by atoms with Gasteiger partial charge in [-0.05, 0) is 39.3 Å². The van der Waals surface area contributed by atoms with E-state index in [-0.39, 0.29) is 11.9 Å². The van der Waals surface area contributed by atoms with E-state index >= 15 is 0 Å². The Kier molecular flexibility index (Phi) is 4.84. The van der Waals surface area contributed by atoms with E-state index in [2.05, 4.69) is 15.3 Å². The predicted molar refractivity (Wildman–Crippen MR) is 81.1 cm³/mol. The minimum Gasteiger partial charge on any atom is -0.349 e. The average molecular weight is 289 g/mol. The summed E-state index contributed by atoms with van der Waals surface area (Å²) < 4.78 is 0. The molecule has 0 aliphatic heterocycles. The van der Waals surface area contributed by atoms with Crippen LogP contribution in [-0.4, -0.2) is 21.9 Å². The summed E-state index contributed by atoms with van der Waals surface area (Å²) in [4.78, 5) is 21.5. The molecule has 0 saturated carbocycles. The summed E-state index contributed by atoms with van der Waals surface area (Å²) in [7, 11) is 0. The summed E-state index contributed by atoms with van der Waals surface area (Å²) in [6, 6.07) is 6.04. The maximum atomic E-state index is 12.0. The van der Waals surface area contributed by atoms with Gasteiger partial charge in [0.2, 0.25) is 0 Å². The summed E-state index contributed by atoms with van der Waals surface area (Å²) in [6.45, 7) is 5.79. The van der Waals surface area contributed by atoms with Crippen LogP contribution in [-0.2, 0) is 12.8 Å². The van der Waals surface area contributed by atoms with Crippen LogP contribution in [0.2, 0.25) is 0 Å². The van der Waals surface area contributed by atoms with Crippen molar-refractivity contribution in [3.63, 3.8) is 0 Å². The number of aromatic nitrogens is 2. The van der Waals surface area contributed by atoms with Crippen molar-refractivity contribution in [2.24, 2.45) is 0 Å². The van der Waals surface area contributed by atoms with Gasteiger partial charge in [0, 0.05) is 24.4 Å². The van der Waals surface area contributed by atoms with Gasteiger partial charge in [0.15, 0.2) is 0 Å². The second-order valence-electron chi connectivity index (χ2n) is 4.97. The van der Waals surface area contributed by atoms with Gasteiger partial charge < -0.3 is 5.32 Å². The number of nitrogens with zero attached hydrogens (tertiary/aromatic N) is 2. The van der Waals surface area contributed by atoms with Gasteiger partial charge in [-0.3, -0.25) is 9.78 Å². The highest BCUT2D eigenvalue weighted by Gasteiger charge is 2.15. The molecule has 1 N–H and O–H groups in total. The van der Waals surface area contributed by atoms with E-state index in [1.807, 2.05) is 39.0 Å². The molecule has 0 unspecified atom stereocenters. The Bertz CT molecular complexity index is 578. The zero-order valence-electron chi connectivity index (χ0n) is 12.0. The van der Waals surface area contributed by atoms with Gasteiger partial charge in [-0.25, -0.2) is 4.98 Å². The molecule has 5 heteroatoms. The lowest BCUT2D eigenvalue weighted by Gasteiger charge is -2.06. The Morgan fingerprint density at radius 3 is 2.80 bits per heavy atom. The largest absolute Gasteiger partial charge is 0.349 e. The maximum Gasteiger partial charge on any atom is 0.263 e. The minimum absolute atomic E-state index is 0.0286. The van der Waals surface area contributed by atoms with Gasteiger partial charge in [0.1, 0.15) is 4.88 Å². The molecule has 0 aromatic carbocycles. The smallest absolute Gasteiger partial charge is 0.263 e. The zero-order chi connectivity index (χ0) is 14.5. The molecule has 2 rings (SSSR count). The summed E-state index contributed by atoms with van der Waals surface area (Å²) in [5.74, 6) is -0.0286. The number of carbonyl (C=O) groups is 1. The quantitative estimate of drug-likeness (QED) is 0.921. The van der Waals surface area contributed by atoms with Crippen molar-refractivity contribution in [2.75, 3.05) is 0 Å². The summed E-state index contributed by atoms with van der Waals surface area (Å²) in [5, 5.41) is 3.89. The average Bonchev–Trinajstić information content (AvgIpc) is 2.78. The molecule has 2 heterocycles. The van der Waals surface area contributed by atoms with E-state index in [0.717, 1.165) is 34.1 Å². The van der Waals surface area contributed by atoms with Crippen molar-refractivity contribution in [1.29, 1.82) is 0 Å². The van der Waals surface area contributed by atoms with Crippen molar-refractivity contribution in [1.82, 2.24) is 15.3 Å². The Labute approximate surface area is 123 Å². The van der Waals surface area contributed by atoms with E-state index in [1.165, 1.54) is 11.3 Å². The molecule has 20 heavy (non-hydrogen) atoms. The molecule has 0 aliphatic carbocycles. The number of rotatable bonds is 5. The van der Waals surface area contributed by atoms with E-state index in [9.17, 15) is 4.79 Å². The number of amides is 1. The Hall–Kier alpha value is -1.75. The number of thiazole rings is 1. The number of carbonyl (C=O) groups excluding carboxylic acids is 1. The van der Waals surface area contributed by atoms with Crippen molar-refractivity contribution in [3.05, 3.63) is 45.7 Å². The minimum atomic E-state index is -0.0286. The first-order chi connectivity index (χ1) is 9.56. The molecular formula is C15H19N3OS. The van der Waals surface area contributed by atoms with E-state index in [4.69, 9.17) is 0 Å². The van der Waals surface area contributed by atoms with Crippen molar-refractivity contribution in [2.45, 2.75) is 39.7 Å². The lowest BCUT2D eigenvalue weighted by atomic mass is 10.2. The van der Waals surface area contributed by atoms with Crippen molar-refractivity contribution in [3.8, 4) is 0 Å². The summed E-state index contributed by atoms with van der Waals surface area (Å²) in [5.41, 5.74) is 1.86. The maximum absolute atomic E-state index is 12.0. The number of aryl methyl sites for hydroxylation is 3. The third-order valence-electron chi connectivity index (χ3n) is 2.79. The number of hydrogen-bond acceptors (Lipinski definition) is 4. The SMILES string of the molecule is Cc1nc(CCc2ccccn2)sc1C(=O)NC(C)C. The molecule has 0 radical (unpaired) electrons. The van der Waals surface area contributed by atoms with Gasteiger partial charge >= 0.3 is 0 Å². The highest BCUT2D eigenvalue weighted by Crippen LogP contribution is 2.19. The molecular weight excluding hydrogens is 270 g/mol. The fourth-order valence-electron chi connectivity index (χ4n) is 1.88. The fraction of sp³-hybridized carbons (Fsp3) is 0.400. The lowest BCUT2D eigenvalue weighted by molar-refractivity contribution is 0.0946.